The van der Waals surface area contributed by atoms with Gasteiger partial charge in [-0.3, -0.25) is 9.36 Å². The molecule has 0 heterocycles. The molecule has 0 aromatic heterocycles. The third-order valence-corrected chi connectivity index (χ3v) is 4.63. The van der Waals surface area contributed by atoms with Gasteiger partial charge >= 0.3 is 13.5 Å². The minimum absolute atomic E-state index is 0.206. The van der Waals surface area contributed by atoms with Crippen molar-refractivity contribution in [3.63, 3.8) is 0 Å². The summed E-state index contributed by atoms with van der Waals surface area (Å²) in [4.78, 5) is 11.7. The Kier molecular flexibility index (Phi) is 6.24. The number of hydrogen-bond donors (Lipinski definition) is 1. The van der Waals surface area contributed by atoms with Gasteiger partial charge in [-0.25, -0.2) is 5.09 Å². The Hall–Kier alpha value is -1.32. The number of carbonyl (C=O) groups excluding carboxylic acids is 1. The van der Waals surface area contributed by atoms with Gasteiger partial charge in [-0.2, -0.15) is 0 Å². The number of esters is 1. The van der Waals surface area contributed by atoms with Gasteiger partial charge in [0, 0.05) is 6.16 Å². The van der Waals surface area contributed by atoms with E-state index in [1.165, 1.54) is 0 Å². The van der Waals surface area contributed by atoms with E-state index in [-0.39, 0.29) is 12.3 Å². The second kappa shape index (κ2) is 7.46. The first-order valence-corrected chi connectivity index (χ1v) is 8.49. The molecule has 2 atom stereocenters. The van der Waals surface area contributed by atoms with E-state index in [2.05, 4.69) is 5.09 Å². The zero-order chi connectivity index (χ0) is 15.2. The van der Waals surface area contributed by atoms with Gasteiger partial charge in [0.2, 0.25) is 0 Å². The Bertz CT molecular complexity index is 475. The lowest BCUT2D eigenvalue weighted by molar-refractivity contribution is -0.149. The summed E-state index contributed by atoms with van der Waals surface area (Å²) in [5.74, 6) is 0.0694. The maximum Gasteiger partial charge on any atom is 0.323 e. The third kappa shape index (κ3) is 5.35. The van der Waals surface area contributed by atoms with E-state index in [4.69, 9.17) is 9.26 Å². The van der Waals surface area contributed by atoms with Gasteiger partial charge < -0.3 is 9.26 Å². The Labute approximate surface area is 120 Å². The van der Waals surface area contributed by atoms with Crippen LogP contribution in [0.2, 0.25) is 0 Å². The monoisotopic (exact) mass is 299 g/mol. The van der Waals surface area contributed by atoms with Crippen LogP contribution in [-0.2, 0) is 14.1 Å². The Morgan fingerprint density at radius 2 is 1.85 bits per heavy atom. The molecule has 1 N–H and O–H groups in total. The van der Waals surface area contributed by atoms with Crippen molar-refractivity contribution in [1.82, 2.24) is 5.09 Å². The molecular formula is C14H22NO4P. The van der Waals surface area contributed by atoms with Crippen LogP contribution in [0.4, 0.5) is 0 Å². The van der Waals surface area contributed by atoms with Crippen molar-refractivity contribution in [2.24, 2.45) is 0 Å². The third-order valence-electron chi connectivity index (χ3n) is 2.51. The molecule has 0 bridgehead atoms. The fourth-order valence-electron chi connectivity index (χ4n) is 1.52. The molecule has 5 nitrogen and oxygen atoms in total. The summed E-state index contributed by atoms with van der Waals surface area (Å²) < 4.78 is 23.2. The summed E-state index contributed by atoms with van der Waals surface area (Å²) in [5, 5.41) is 2.76. The molecule has 112 valence electrons. The van der Waals surface area contributed by atoms with Crippen LogP contribution in [0, 0.1) is 0 Å². The van der Waals surface area contributed by atoms with Gasteiger partial charge in [-0.05, 0) is 32.9 Å². The fraction of sp³-hybridized carbons (Fsp3) is 0.500. The van der Waals surface area contributed by atoms with Crippen LogP contribution in [0.15, 0.2) is 30.3 Å². The number of hydrogen-bond acceptors (Lipinski definition) is 4. The van der Waals surface area contributed by atoms with Crippen LogP contribution < -0.4 is 9.61 Å². The van der Waals surface area contributed by atoms with Crippen LogP contribution >= 0.6 is 7.52 Å². The molecule has 20 heavy (non-hydrogen) atoms. The first kappa shape index (κ1) is 16.7. The standard InChI is InChI=1S/C14H22NO4P/c1-5-20(17,19-13-9-7-6-8-10-13)15-12(4)14(16)18-11(2)3/h6-12H,5H2,1-4H3,(H,15,17)/t12-,20?/m1/s1. The van der Waals surface area contributed by atoms with E-state index < -0.39 is 19.5 Å². The molecule has 0 amide bonds. The van der Waals surface area contributed by atoms with Crippen LogP contribution in [0.25, 0.3) is 0 Å². The Morgan fingerprint density at radius 1 is 1.25 bits per heavy atom. The quantitative estimate of drug-likeness (QED) is 0.618. The van der Waals surface area contributed by atoms with Crippen molar-refractivity contribution in [2.75, 3.05) is 6.16 Å². The van der Waals surface area contributed by atoms with E-state index >= 15 is 0 Å². The summed E-state index contributed by atoms with van der Waals surface area (Å²) >= 11 is 0. The topological polar surface area (TPSA) is 64.6 Å². The van der Waals surface area contributed by atoms with Crippen molar-refractivity contribution >= 4 is 13.5 Å². The molecule has 0 aliphatic rings. The zero-order valence-electron chi connectivity index (χ0n) is 12.3. The molecule has 0 saturated heterocycles. The highest BCUT2D eigenvalue weighted by atomic mass is 31.2. The lowest BCUT2D eigenvalue weighted by Crippen LogP contribution is -2.36. The predicted molar refractivity (Wildman–Crippen MR) is 79.0 cm³/mol. The minimum Gasteiger partial charge on any atom is -0.462 e. The molecule has 0 fully saturated rings. The largest absolute Gasteiger partial charge is 0.462 e. The molecule has 1 aromatic rings. The normalized spacial score (nSPS) is 15.4. The highest BCUT2D eigenvalue weighted by Crippen LogP contribution is 2.42. The fourth-order valence-corrected chi connectivity index (χ4v) is 3.04. The van der Waals surface area contributed by atoms with E-state index in [1.807, 2.05) is 6.07 Å². The van der Waals surface area contributed by atoms with Gasteiger partial charge in [0.05, 0.1) is 6.10 Å². The molecule has 0 aliphatic heterocycles. The maximum atomic E-state index is 12.6. The minimum atomic E-state index is -3.13. The lowest BCUT2D eigenvalue weighted by atomic mass is 10.3. The SMILES string of the molecule is CCP(=O)(N[C@H](C)C(=O)OC(C)C)Oc1ccccc1. The number of rotatable bonds is 7. The summed E-state index contributed by atoms with van der Waals surface area (Å²) in [6, 6.07) is 8.20. The van der Waals surface area contributed by atoms with Gasteiger partial charge in [0.15, 0.2) is 0 Å². The predicted octanol–water partition coefficient (Wildman–Crippen LogP) is 3.21. The number of benzene rings is 1. The van der Waals surface area contributed by atoms with Gasteiger partial charge in [0.25, 0.3) is 0 Å². The van der Waals surface area contributed by atoms with Crippen molar-refractivity contribution in [3.05, 3.63) is 30.3 Å². The van der Waals surface area contributed by atoms with Crippen LogP contribution in [0.3, 0.4) is 0 Å². The van der Waals surface area contributed by atoms with Gasteiger partial charge in [0.1, 0.15) is 11.8 Å². The van der Waals surface area contributed by atoms with Crippen LogP contribution in [0.5, 0.6) is 5.75 Å². The molecule has 6 heteroatoms. The zero-order valence-corrected chi connectivity index (χ0v) is 13.2. The number of nitrogens with one attached hydrogen (secondary N) is 1. The second-order valence-corrected chi connectivity index (χ2v) is 7.15. The summed E-state index contributed by atoms with van der Waals surface area (Å²) in [5.41, 5.74) is 0. The summed E-state index contributed by atoms with van der Waals surface area (Å²) in [7, 11) is -3.13. The van der Waals surface area contributed by atoms with E-state index in [9.17, 15) is 9.36 Å². The van der Waals surface area contributed by atoms with Crippen LogP contribution in [0.1, 0.15) is 27.7 Å². The van der Waals surface area contributed by atoms with Crippen LogP contribution in [-0.4, -0.2) is 24.3 Å². The van der Waals surface area contributed by atoms with Crippen molar-refractivity contribution in [1.29, 1.82) is 0 Å². The summed E-state index contributed by atoms with van der Waals surface area (Å²) in [6.07, 6.45) is 0.0732. The van der Waals surface area contributed by atoms with E-state index in [0.717, 1.165) is 0 Å². The first-order chi connectivity index (χ1) is 9.36. The molecule has 0 radical (unpaired) electrons. The van der Waals surface area contributed by atoms with E-state index in [1.54, 1.807) is 52.0 Å². The molecule has 1 unspecified atom stereocenters. The maximum absolute atomic E-state index is 12.6. The molecule has 1 aromatic carbocycles. The number of carbonyl (C=O) groups is 1. The lowest BCUT2D eigenvalue weighted by Gasteiger charge is -2.23. The molecule has 0 aliphatic carbocycles. The average Bonchev–Trinajstić information content (AvgIpc) is 2.39. The van der Waals surface area contributed by atoms with Crippen molar-refractivity contribution in [3.8, 4) is 5.75 Å². The Morgan fingerprint density at radius 3 is 2.35 bits per heavy atom. The number of para-hydroxylation sites is 1. The highest BCUT2D eigenvalue weighted by Gasteiger charge is 2.28. The molecule has 0 saturated carbocycles. The Balaban J connectivity index is 2.70. The van der Waals surface area contributed by atoms with Crippen molar-refractivity contribution < 1.29 is 18.6 Å². The van der Waals surface area contributed by atoms with Crippen molar-refractivity contribution in [2.45, 2.75) is 39.8 Å². The molecule has 0 spiro atoms. The summed E-state index contributed by atoms with van der Waals surface area (Å²) in [6.45, 7) is 6.90. The van der Waals surface area contributed by atoms with Gasteiger partial charge in [-0.1, -0.05) is 25.1 Å². The molecular weight excluding hydrogens is 277 g/mol. The number of ether oxygens (including phenoxy) is 1. The smallest absolute Gasteiger partial charge is 0.323 e. The van der Waals surface area contributed by atoms with Gasteiger partial charge in [-0.15, -0.1) is 0 Å². The first-order valence-electron chi connectivity index (χ1n) is 6.68. The highest BCUT2D eigenvalue weighted by molar-refractivity contribution is 7.57. The average molecular weight is 299 g/mol. The molecule has 1 rings (SSSR count). The van der Waals surface area contributed by atoms with E-state index in [0.29, 0.717) is 5.75 Å². The second-order valence-electron chi connectivity index (χ2n) is 4.73.